The van der Waals surface area contributed by atoms with Gasteiger partial charge < -0.3 is 9.67 Å². The molecule has 0 bridgehead atoms. The molecule has 2 aromatic rings. The van der Waals surface area contributed by atoms with Gasteiger partial charge in [-0.15, -0.1) is 10.2 Å². The van der Waals surface area contributed by atoms with E-state index < -0.39 is 6.10 Å². The number of rotatable bonds is 6. The van der Waals surface area contributed by atoms with Gasteiger partial charge in [0.2, 0.25) is 0 Å². The SMILES string of the molecule is Cc1nnc(CN2CCCC2CC(O)c2ccc(F)cc2)n1C1CC1. The lowest BCUT2D eigenvalue weighted by molar-refractivity contribution is 0.116. The molecule has 2 aliphatic rings. The van der Waals surface area contributed by atoms with Crippen LogP contribution in [0.2, 0.25) is 0 Å². The molecule has 0 amide bonds. The summed E-state index contributed by atoms with van der Waals surface area (Å²) < 4.78 is 15.3. The zero-order valence-electron chi connectivity index (χ0n) is 14.6. The molecule has 1 aliphatic carbocycles. The van der Waals surface area contributed by atoms with E-state index in [4.69, 9.17) is 0 Å². The van der Waals surface area contributed by atoms with Gasteiger partial charge in [0, 0.05) is 12.1 Å². The standard InChI is InChI=1S/C19H25FN4O/c1-13-21-22-19(24(13)16-8-9-16)12-23-10-2-3-17(23)11-18(25)14-4-6-15(20)7-5-14/h4-7,16-18,25H,2-3,8-12H2,1H3. The normalized spacial score (nSPS) is 22.4. The maximum absolute atomic E-state index is 13.1. The lowest BCUT2D eigenvalue weighted by atomic mass is 10.0. The maximum Gasteiger partial charge on any atom is 0.147 e. The van der Waals surface area contributed by atoms with E-state index in [1.165, 1.54) is 25.0 Å². The van der Waals surface area contributed by atoms with Crippen LogP contribution in [0, 0.1) is 12.7 Å². The number of likely N-dealkylation sites (tertiary alicyclic amines) is 1. The third kappa shape index (κ3) is 3.60. The molecule has 1 aromatic carbocycles. The van der Waals surface area contributed by atoms with Crippen LogP contribution >= 0.6 is 0 Å². The van der Waals surface area contributed by atoms with Crippen molar-refractivity contribution in [3.63, 3.8) is 0 Å². The summed E-state index contributed by atoms with van der Waals surface area (Å²) in [5.74, 6) is 1.77. The fourth-order valence-electron chi connectivity index (χ4n) is 3.96. The fourth-order valence-corrected chi connectivity index (χ4v) is 3.96. The molecular weight excluding hydrogens is 319 g/mol. The first kappa shape index (κ1) is 16.7. The Morgan fingerprint density at radius 2 is 1.96 bits per heavy atom. The van der Waals surface area contributed by atoms with Crippen molar-refractivity contribution in [2.24, 2.45) is 0 Å². The van der Waals surface area contributed by atoms with Crippen molar-refractivity contribution in [1.29, 1.82) is 0 Å². The van der Waals surface area contributed by atoms with E-state index >= 15 is 0 Å². The van der Waals surface area contributed by atoms with Gasteiger partial charge in [0.05, 0.1) is 12.6 Å². The lowest BCUT2D eigenvalue weighted by Crippen LogP contribution is -2.31. The van der Waals surface area contributed by atoms with E-state index in [9.17, 15) is 9.50 Å². The Morgan fingerprint density at radius 1 is 1.20 bits per heavy atom. The zero-order valence-corrected chi connectivity index (χ0v) is 14.6. The molecule has 2 heterocycles. The van der Waals surface area contributed by atoms with Gasteiger partial charge in [-0.3, -0.25) is 4.90 Å². The summed E-state index contributed by atoms with van der Waals surface area (Å²) in [4.78, 5) is 2.41. The number of halogens is 1. The van der Waals surface area contributed by atoms with Gasteiger partial charge in [0.15, 0.2) is 0 Å². The molecule has 1 aliphatic heterocycles. The molecular formula is C19H25FN4O. The minimum absolute atomic E-state index is 0.270. The van der Waals surface area contributed by atoms with Crippen LogP contribution in [0.15, 0.2) is 24.3 Å². The van der Waals surface area contributed by atoms with Crippen LogP contribution < -0.4 is 0 Å². The van der Waals surface area contributed by atoms with E-state index in [0.717, 1.165) is 43.1 Å². The van der Waals surface area contributed by atoms with Crippen molar-refractivity contribution in [1.82, 2.24) is 19.7 Å². The smallest absolute Gasteiger partial charge is 0.147 e. The van der Waals surface area contributed by atoms with Crippen LogP contribution in [-0.2, 0) is 6.54 Å². The number of nitrogens with zero attached hydrogens (tertiary/aromatic N) is 4. The Labute approximate surface area is 147 Å². The van der Waals surface area contributed by atoms with Crippen molar-refractivity contribution in [3.8, 4) is 0 Å². The first-order valence-electron chi connectivity index (χ1n) is 9.20. The number of benzene rings is 1. The van der Waals surface area contributed by atoms with Crippen molar-refractivity contribution in [2.45, 2.75) is 63.8 Å². The summed E-state index contributed by atoms with van der Waals surface area (Å²) >= 11 is 0. The molecule has 0 radical (unpaired) electrons. The highest BCUT2D eigenvalue weighted by Crippen LogP contribution is 2.37. The summed E-state index contributed by atoms with van der Waals surface area (Å²) in [6.45, 7) is 3.84. The predicted octanol–water partition coefficient (Wildman–Crippen LogP) is 3.15. The van der Waals surface area contributed by atoms with Gasteiger partial charge in [-0.2, -0.15) is 0 Å². The van der Waals surface area contributed by atoms with E-state index in [1.807, 2.05) is 6.92 Å². The molecule has 2 atom stereocenters. The van der Waals surface area contributed by atoms with Crippen molar-refractivity contribution in [3.05, 3.63) is 47.3 Å². The van der Waals surface area contributed by atoms with E-state index in [0.29, 0.717) is 18.5 Å². The van der Waals surface area contributed by atoms with E-state index in [2.05, 4.69) is 19.7 Å². The van der Waals surface area contributed by atoms with Crippen LogP contribution in [0.5, 0.6) is 0 Å². The molecule has 0 spiro atoms. The molecule has 134 valence electrons. The van der Waals surface area contributed by atoms with Gasteiger partial charge in [0.1, 0.15) is 17.5 Å². The maximum atomic E-state index is 13.1. The Hall–Kier alpha value is -1.79. The highest BCUT2D eigenvalue weighted by atomic mass is 19.1. The number of hydrogen-bond donors (Lipinski definition) is 1. The Kier molecular flexibility index (Phi) is 4.56. The average molecular weight is 344 g/mol. The quantitative estimate of drug-likeness (QED) is 0.875. The van der Waals surface area contributed by atoms with Crippen molar-refractivity contribution in [2.75, 3.05) is 6.54 Å². The predicted molar refractivity (Wildman–Crippen MR) is 92.4 cm³/mol. The second kappa shape index (κ2) is 6.84. The fraction of sp³-hybridized carbons (Fsp3) is 0.579. The van der Waals surface area contributed by atoms with Gasteiger partial charge in [-0.25, -0.2) is 4.39 Å². The largest absolute Gasteiger partial charge is 0.388 e. The number of hydrogen-bond acceptors (Lipinski definition) is 4. The molecule has 4 rings (SSSR count). The summed E-state index contributed by atoms with van der Waals surface area (Å²) in [5.41, 5.74) is 0.783. The average Bonchev–Trinajstić information content (AvgIpc) is 3.24. The van der Waals surface area contributed by atoms with E-state index in [-0.39, 0.29) is 5.82 Å². The third-order valence-corrected chi connectivity index (χ3v) is 5.44. The van der Waals surface area contributed by atoms with Crippen LogP contribution in [0.25, 0.3) is 0 Å². The second-order valence-corrected chi connectivity index (χ2v) is 7.33. The van der Waals surface area contributed by atoms with Crippen molar-refractivity contribution >= 4 is 0 Å². The minimum atomic E-state index is -0.561. The molecule has 1 N–H and O–H groups in total. The number of aromatic nitrogens is 3. The Morgan fingerprint density at radius 3 is 2.68 bits per heavy atom. The molecule has 25 heavy (non-hydrogen) atoms. The summed E-state index contributed by atoms with van der Waals surface area (Å²) in [7, 11) is 0. The molecule has 1 saturated carbocycles. The molecule has 5 nitrogen and oxygen atoms in total. The summed E-state index contributed by atoms with van der Waals surface area (Å²) in [5, 5.41) is 19.2. The second-order valence-electron chi connectivity index (χ2n) is 7.33. The minimum Gasteiger partial charge on any atom is -0.388 e. The summed E-state index contributed by atoms with van der Waals surface area (Å²) in [6, 6.07) is 7.07. The van der Waals surface area contributed by atoms with Crippen molar-refractivity contribution < 1.29 is 9.50 Å². The van der Waals surface area contributed by atoms with Crippen LogP contribution in [0.4, 0.5) is 4.39 Å². The zero-order chi connectivity index (χ0) is 17.4. The highest BCUT2D eigenvalue weighted by molar-refractivity contribution is 5.18. The van der Waals surface area contributed by atoms with Crippen LogP contribution in [0.1, 0.15) is 61.5 Å². The number of aliphatic hydroxyl groups is 1. The number of aryl methyl sites for hydroxylation is 1. The molecule has 2 unspecified atom stereocenters. The summed E-state index contributed by atoms with van der Waals surface area (Å²) in [6.07, 6.45) is 4.76. The highest BCUT2D eigenvalue weighted by Gasteiger charge is 2.32. The Balaban J connectivity index is 1.43. The van der Waals surface area contributed by atoms with Gasteiger partial charge in [-0.05, 0) is 63.3 Å². The molecule has 1 aromatic heterocycles. The molecule has 2 fully saturated rings. The number of aliphatic hydroxyl groups excluding tert-OH is 1. The van der Waals surface area contributed by atoms with Gasteiger partial charge >= 0.3 is 0 Å². The van der Waals surface area contributed by atoms with Crippen LogP contribution in [0.3, 0.4) is 0 Å². The van der Waals surface area contributed by atoms with Gasteiger partial charge in [0.25, 0.3) is 0 Å². The lowest BCUT2D eigenvalue weighted by Gasteiger charge is -2.26. The topological polar surface area (TPSA) is 54.2 Å². The van der Waals surface area contributed by atoms with Crippen LogP contribution in [-0.4, -0.2) is 37.4 Å². The Bertz CT molecular complexity index is 726. The monoisotopic (exact) mass is 344 g/mol. The van der Waals surface area contributed by atoms with E-state index in [1.54, 1.807) is 12.1 Å². The first-order chi connectivity index (χ1) is 12.1. The third-order valence-electron chi connectivity index (χ3n) is 5.44. The van der Waals surface area contributed by atoms with Gasteiger partial charge in [-0.1, -0.05) is 12.1 Å². The molecule has 6 heteroatoms. The first-order valence-corrected chi connectivity index (χ1v) is 9.20. The molecule has 1 saturated heterocycles.